The maximum absolute atomic E-state index is 11.6. The van der Waals surface area contributed by atoms with Crippen molar-refractivity contribution in [3.63, 3.8) is 0 Å². The molecular weight excluding hydrogens is 330 g/mol. The highest BCUT2D eigenvalue weighted by Gasteiger charge is 2.10. The molecule has 3 rings (SSSR count). The number of fused-ring (bicyclic) bond motifs is 1. The third kappa shape index (κ3) is 3.92. The Bertz CT molecular complexity index is 999. The van der Waals surface area contributed by atoms with Crippen molar-refractivity contribution >= 4 is 28.6 Å². The molecule has 0 radical (unpaired) electrons. The average Bonchev–Trinajstić information content (AvgIpc) is 2.67. The van der Waals surface area contributed by atoms with Gasteiger partial charge in [0.2, 0.25) is 5.91 Å². The van der Waals surface area contributed by atoms with Crippen molar-refractivity contribution in [3.05, 3.63) is 66.9 Å². The topological polar surface area (TPSA) is 81.2 Å². The summed E-state index contributed by atoms with van der Waals surface area (Å²) in [5, 5.41) is 2.71. The van der Waals surface area contributed by atoms with Gasteiger partial charge in [-0.3, -0.25) is 14.6 Å². The van der Waals surface area contributed by atoms with Crippen LogP contribution in [0.4, 0.5) is 5.69 Å². The fourth-order valence-electron chi connectivity index (χ4n) is 2.54. The molecule has 2 aromatic carbocycles. The number of para-hydroxylation sites is 2. The summed E-state index contributed by atoms with van der Waals surface area (Å²) in [6, 6.07) is 12.9. The number of methoxy groups -OCH3 is 1. The second-order valence-electron chi connectivity index (χ2n) is 5.61. The van der Waals surface area contributed by atoms with Gasteiger partial charge in [0.15, 0.2) is 0 Å². The highest BCUT2D eigenvalue weighted by Crippen LogP contribution is 2.25. The minimum absolute atomic E-state index is 0.0856. The molecule has 6 heteroatoms. The lowest BCUT2D eigenvalue weighted by Crippen LogP contribution is -2.09. The number of anilines is 1. The second-order valence-corrected chi connectivity index (χ2v) is 5.61. The molecule has 6 nitrogen and oxygen atoms in total. The maximum atomic E-state index is 11.6. The van der Waals surface area contributed by atoms with Crippen molar-refractivity contribution in [2.24, 2.45) is 0 Å². The van der Waals surface area contributed by atoms with Crippen molar-refractivity contribution in [1.29, 1.82) is 0 Å². The molecule has 0 saturated heterocycles. The molecule has 0 aliphatic carbocycles. The first-order valence-corrected chi connectivity index (χ1v) is 7.95. The van der Waals surface area contributed by atoms with Crippen molar-refractivity contribution in [3.8, 4) is 11.3 Å². The van der Waals surface area contributed by atoms with E-state index < -0.39 is 0 Å². The Morgan fingerprint density at radius 3 is 2.69 bits per heavy atom. The van der Waals surface area contributed by atoms with E-state index in [1.54, 1.807) is 18.3 Å². The van der Waals surface area contributed by atoms with E-state index in [2.05, 4.69) is 21.9 Å². The molecule has 1 N–H and O–H groups in total. The van der Waals surface area contributed by atoms with Gasteiger partial charge in [0.1, 0.15) is 0 Å². The van der Waals surface area contributed by atoms with Gasteiger partial charge in [-0.15, -0.1) is 0 Å². The Labute approximate surface area is 150 Å². The van der Waals surface area contributed by atoms with Crippen LogP contribution in [-0.4, -0.2) is 29.0 Å². The SMILES string of the molecule is C=CC(=O)Nc1cc(CC(=O)OC)cc(-c2cnc3ccccc3n2)c1. The largest absolute Gasteiger partial charge is 0.469 e. The van der Waals surface area contributed by atoms with E-state index in [9.17, 15) is 9.59 Å². The first-order valence-electron chi connectivity index (χ1n) is 7.95. The van der Waals surface area contributed by atoms with Crippen LogP contribution in [0.1, 0.15) is 5.56 Å². The molecule has 1 heterocycles. The van der Waals surface area contributed by atoms with Crippen molar-refractivity contribution in [1.82, 2.24) is 9.97 Å². The molecule has 0 atom stereocenters. The molecule has 0 fully saturated rings. The molecule has 3 aromatic rings. The van der Waals surface area contributed by atoms with Gasteiger partial charge in [-0.25, -0.2) is 4.98 Å². The predicted molar refractivity (Wildman–Crippen MR) is 99.5 cm³/mol. The van der Waals surface area contributed by atoms with Crippen LogP contribution in [0, 0.1) is 0 Å². The normalized spacial score (nSPS) is 10.3. The number of ether oxygens (including phenoxy) is 1. The summed E-state index contributed by atoms with van der Waals surface area (Å²) in [5.41, 5.74) is 4.18. The van der Waals surface area contributed by atoms with Gasteiger partial charge < -0.3 is 10.1 Å². The zero-order valence-corrected chi connectivity index (χ0v) is 14.2. The molecule has 0 bridgehead atoms. The van der Waals surface area contributed by atoms with Gasteiger partial charge in [-0.2, -0.15) is 0 Å². The number of nitrogens with one attached hydrogen (secondary N) is 1. The number of nitrogens with zero attached hydrogens (tertiary/aromatic N) is 2. The number of hydrogen-bond acceptors (Lipinski definition) is 5. The van der Waals surface area contributed by atoms with Crippen LogP contribution in [0.5, 0.6) is 0 Å². The zero-order valence-electron chi connectivity index (χ0n) is 14.2. The van der Waals surface area contributed by atoms with Crippen molar-refractivity contribution in [2.75, 3.05) is 12.4 Å². The van der Waals surface area contributed by atoms with Gasteiger partial charge in [0, 0.05) is 11.3 Å². The standard InChI is InChI=1S/C20H17N3O3/c1-3-19(24)22-15-9-13(10-20(25)26-2)8-14(11-15)18-12-21-16-6-4-5-7-17(16)23-18/h3-9,11-12H,1,10H2,2H3,(H,22,24). The monoisotopic (exact) mass is 347 g/mol. The Morgan fingerprint density at radius 2 is 1.96 bits per heavy atom. The Kier molecular flexibility index (Phi) is 5.03. The maximum Gasteiger partial charge on any atom is 0.309 e. The van der Waals surface area contributed by atoms with Crippen LogP contribution >= 0.6 is 0 Å². The lowest BCUT2D eigenvalue weighted by atomic mass is 10.0. The van der Waals surface area contributed by atoms with E-state index in [4.69, 9.17) is 4.74 Å². The van der Waals surface area contributed by atoms with Crippen molar-refractivity contribution < 1.29 is 14.3 Å². The van der Waals surface area contributed by atoms with Gasteiger partial charge in [0.25, 0.3) is 0 Å². The molecule has 26 heavy (non-hydrogen) atoms. The lowest BCUT2D eigenvalue weighted by Gasteiger charge is -2.10. The van der Waals surface area contributed by atoms with Crippen LogP contribution in [0.2, 0.25) is 0 Å². The summed E-state index contributed by atoms with van der Waals surface area (Å²) in [6.45, 7) is 3.45. The predicted octanol–water partition coefficient (Wildman–Crippen LogP) is 3.14. The van der Waals surface area contributed by atoms with Crippen LogP contribution in [0.25, 0.3) is 22.3 Å². The minimum atomic E-state index is -0.368. The fraction of sp³-hybridized carbons (Fsp3) is 0.100. The molecule has 0 unspecified atom stereocenters. The number of esters is 1. The van der Waals surface area contributed by atoms with Gasteiger partial charge >= 0.3 is 5.97 Å². The fourth-order valence-corrected chi connectivity index (χ4v) is 2.54. The molecule has 0 aliphatic rings. The van der Waals surface area contributed by atoms with Crippen LogP contribution < -0.4 is 5.32 Å². The van der Waals surface area contributed by atoms with Crippen LogP contribution in [0.3, 0.4) is 0 Å². The van der Waals surface area contributed by atoms with Gasteiger partial charge in [-0.05, 0) is 42.0 Å². The van der Waals surface area contributed by atoms with E-state index in [1.165, 1.54) is 13.2 Å². The molecule has 0 saturated carbocycles. The molecular formula is C20H17N3O3. The number of aromatic nitrogens is 2. The van der Waals surface area contributed by atoms with E-state index in [1.807, 2.05) is 30.3 Å². The lowest BCUT2D eigenvalue weighted by molar-refractivity contribution is -0.139. The van der Waals surface area contributed by atoms with E-state index >= 15 is 0 Å². The Morgan fingerprint density at radius 1 is 1.19 bits per heavy atom. The van der Waals surface area contributed by atoms with E-state index in [0.29, 0.717) is 16.9 Å². The second kappa shape index (κ2) is 7.57. The summed E-state index contributed by atoms with van der Waals surface area (Å²) >= 11 is 0. The number of amides is 1. The van der Waals surface area contributed by atoms with Crippen LogP contribution in [0.15, 0.2) is 61.3 Å². The average molecular weight is 347 g/mol. The van der Waals surface area contributed by atoms with E-state index in [-0.39, 0.29) is 18.3 Å². The minimum Gasteiger partial charge on any atom is -0.469 e. The summed E-state index contributed by atoms with van der Waals surface area (Å²) in [7, 11) is 1.33. The van der Waals surface area contributed by atoms with Crippen molar-refractivity contribution in [2.45, 2.75) is 6.42 Å². The Hall–Kier alpha value is -3.54. The van der Waals surface area contributed by atoms with E-state index in [0.717, 1.165) is 16.6 Å². The highest BCUT2D eigenvalue weighted by molar-refractivity contribution is 5.99. The van der Waals surface area contributed by atoms with Gasteiger partial charge in [0.05, 0.1) is 36.5 Å². The van der Waals surface area contributed by atoms with Gasteiger partial charge in [-0.1, -0.05) is 18.7 Å². The Balaban J connectivity index is 2.06. The third-order valence-corrected chi connectivity index (χ3v) is 3.77. The molecule has 0 aliphatic heterocycles. The summed E-state index contributed by atoms with van der Waals surface area (Å²) < 4.78 is 4.73. The number of benzene rings is 2. The third-order valence-electron chi connectivity index (χ3n) is 3.77. The molecule has 1 aromatic heterocycles. The molecule has 130 valence electrons. The number of carbonyl (C=O) groups is 2. The molecule has 0 spiro atoms. The molecule has 1 amide bonds. The number of carbonyl (C=O) groups excluding carboxylic acids is 2. The van der Waals surface area contributed by atoms with Crippen LogP contribution in [-0.2, 0) is 20.7 Å². The summed E-state index contributed by atoms with van der Waals surface area (Å²) in [5.74, 6) is -0.705. The number of rotatable bonds is 5. The summed E-state index contributed by atoms with van der Waals surface area (Å²) in [6.07, 6.45) is 2.93. The quantitative estimate of drug-likeness (QED) is 0.566. The smallest absolute Gasteiger partial charge is 0.309 e. The zero-order chi connectivity index (χ0) is 18.5. The highest BCUT2D eigenvalue weighted by atomic mass is 16.5. The summed E-state index contributed by atoms with van der Waals surface area (Å²) in [4.78, 5) is 32.3. The number of hydrogen-bond donors (Lipinski definition) is 1. The first kappa shape index (κ1) is 17.3. The first-order chi connectivity index (χ1) is 12.6.